The lowest BCUT2D eigenvalue weighted by Crippen LogP contribution is -2.51. The topological polar surface area (TPSA) is 87.3 Å². The SMILES string of the molecule is CC(NC(=O)c1ccccc1)C(=O)NNC(=O)c1ccc(Cl)cc1. The zero-order valence-electron chi connectivity index (χ0n) is 12.9. The van der Waals surface area contributed by atoms with E-state index in [-0.39, 0.29) is 5.91 Å². The number of amides is 3. The summed E-state index contributed by atoms with van der Waals surface area (Å²) in [5.74, 6) is -1.40. The van der Waals surface area contributed by atoms with Crippen molar-refractivity contribution in [3.05, 3.63) is 70.7 Å². The second-order valence-electron chi connectivity index (χ2n) is 5.01. The van der Waals surface area contributed by atoms with Crippen molar-refractivity contribution in [1.82, 2.24) is 16.2 Å². The van der Waals surface area contributed by atoms with Crippen molar-refractivity contribution in [2.75, 3.05) is 0 Å². The molecule has 0 saturated carbocycles. The normalized spacial score (nSPS) is 11.2. The quantitative estimate of drug-likeness (QED) is 0.740. The Morgan fingerprint density at radius 1 is 0.833 bits per heavy atom. The predicted octanol–water partition coefficient (Wildman–Crippen LogP) is 1.92. The van der Waals surface area contributed by atoms with Gasteiger partial charge < -0.3 is 5.32 Å². The van der Waals surface area contributed by atoms with Crippen molar-refractivity contribution in [3.63, 3.8) is 0 Å². The molecule has 0 spiro atoms. The van der Waals surface area contributed by atoms with E-state index in [2.05, 4.69) is 16.2 Å². The van der Waals surface area contributed by atoms with Crippen LogP contribution in [0.3, 0.4) is 0 Å². The van der Waals surface area contributed by atoms with Crippen LogP contribution >= 0.6 is 11.6 Å². The summed E-state index contributed by atoms with van der Waals surface area (Å²) >= 11 is 5.74. The van der Waals surface area contributed by atoms with Crippen LogP contribution < -0.4 is 16.2 Å². The van der Waals surface area contributed by atoms with Crippen LogP contribution in [0, 0.1) is 0 Å². The number of carbonyl (C=O) groups excluding carboxylic acids is 3. The largest absolute Gasteiger partial charge is 0.340 e. The summed E-state index contributed by atoms with van der Waals surface area (Å²) < 4.78 is 0. The third-order valence-corrected chi connectivity index (χ3v) is 3.43. The van der Waals surface area contributed by atoms with E-state index in [0.717, 1.165) is 0 Å². The minimum atomic E-state index is -0.816. The maximum absolute atomic E-state index is 12.0. The van der Waals surface area contributed by atoms with E-state index in [0.29, 0.717) is 16.1 Å². The van der Waals surface area contributed by atoms with Crippen LogP contribution in [-0.4, -0.2) is 23.8 Å². The molecule has 124 valence electrons. The van der Waals surface area contributed by atoms with Crippen LogP contribution in [0.25, 0.3) is 0 Å². The van der Waals surface area contributed by atoms with Crippen LogP contribution in [-0.2, 0) is 4.79 Å². The highest BCUT2D eigenvalue weighted by atomic mass is 35.5. The van der Waals surface area contributed by atoms with Crippen molar-refractivity contribution in [1.29, 1.82) is 0 Å². The molecule has 0 aliphatic carbocycles. The summed E-state index contributed by atoms with van der Waals surface area (Å²) in [6.07, 6.45) is 0. The molecule has 0 heterocycles. The van der Waals surface area contributed by atoms with Gasteiger partial charge in [0.15, 0.2) is 0 Å². The maximum atomic E-state index is 12.0. The Morgan fingerprint density at radius 3 is 2.04 bits per heavy atom. The van der Waals surface area contributed by atoms with Crippen molar-refractivity contribution < 1.29 is 14.4 Å². The molecule has 0 aliphatic rings. The van der Waals surface area contributed by atoms with Gasteiger partial charge in [-0.05, 0) is 43.3 Å². The molecule has 2 rings (SSSR count). The average molecular weight is 346 g/mol. The van der Waals surface area contributed by atoms with Gasteiger partial charge in [-0.1, -0.05) is 29.8 Å². The van der Waals surface area contributed by atoms with Crippen molar-refractivity contribution in [2.24, 2.45) is 0 Å². The molecule has 24 heavy (non-hydrogen) atoms. The van der Waals surface area contributed by atoms with E-state index >= 15 is 0 Å². The summed E-state index contributed by atoms with van der Waals surface area (Å²) in [5.41, 5.74) is 5.34. The molecule has 0 radical (unpaired) electrons. The monoisotopic (exact) mass is 345 g/mol. The Morgan fingerprint density at radius 2 is 1.42 bits per heavy atom. The number of hydrogen-bond acceptors (Lipinski definition) is 3. The number of rotatable bonds is 4. The van der Waals surface area contributed by atoms with Gasteiger partial charge >= 0.3 is 0 Å². The molecule has 0 aliphatic heterocycles. The minimum Gasteiger partial charge on any atom is -0.340 e. The first kappa shape index (κ1) is 17.5. The van der Waals surface area contributed by atoms with Crippen LogP contribution in [0.1, 0.15) is 27.6 Å². The van der Waals surface area contributed by atoms with Gasteiger partial charge in [-0.3, -0.25) is 25.2 Å². The second-order valence-corrected chi connectivity index (χ2v) is 5.45. The fourth-order valence-corrected chi connectivity index (χ4v) is 1.96. The Kier molecular flexibility index (Phi) is 5.92. The van der Waals surface area contributed by atoms with Gasteiger partial charge in [0.2, 0.25) is 0 Å². The lowest BCUT2D eigenvalue weighted by molar-refractivity contribution is -0.123. The zero-order valence-corrected chi connectivity index (χ0v) is 13.6. The van der Waals surface area contributed by atoms with Gasteiger partial charge in [0.25, 0.3) is 17.7 Å². The van der Waals surface area contributed by atoms with Crippen molar-refractivity contribution >= 4 is 29.3 Å². The van der Waals surface area contributed by atoms with E-state index in [1.807, 2.05) is 0 Å². The highest BCUT2D eigenvalue weighted by Gasteiger charge is 2.17. The standard InChI is InChI=1S/C17H16ClN3O3/c1-11(19-16(23)12-5-3-2-4-6-12)15(22)20-21-17(24)13-7-9-14(18)10-8-13/h2-11H,1H3,(H,19,23)(H,20,22)(H,21,24). The maximum Gasteiger partial charge on any atom is 0.269 e. The molecule has 3 N–H and O–H groups in total. The van der Waals surface area contributed by atoms with E-state index < -0.39 is 17.9 Å². The van der Waals surface area contributed by atoms with E-state index in [4.69, 9.17) is 11.6 Å². The molecule has 0 bridgehead atoms. The first-order valence-electron chi connectivity index (χ1n) is 7.19. The lowest BCUT2D eigenvalue weighted by atomic mass is 10.2. The first-order valence-corrected chi connectivity index (χ1v) is 7.57. The smallest absolute Gasteiger partial charge is 0.269 e. The third-order valence-electron chi connectivity index (χ3n) is 3.18. The number of benzene rings is 2. The minimum absolute atomic E-state index is 0.348. The number of halogens is 1. The van der Waals surface area contributed by atoms with Crippen LogP contribution in [0.15, 0.2) is 54.6 Å². The molecule has 2 aromatic rings. The highest BCUT2D eigenvalue weighted by molar-refractivity contribution is 6.30. The number of hydrazine groups is 1. The molecule has 0 aromatic heterocycles. The third kappa shape index (κ3) is 4.82. The average Bonchev–Trinajstić information content (AvgIpc) is 2.60. The highest BCUT2D eigenvalue weighted by Crippen LogP contribution is 2.09. The van der Waals surface area contributed by atoms with Gasteiger partial charge in [-0.15, -0.1) is 0 Å². The van der Waals surface area contributed by atoms with Crippen molar-refractivity contribution in [2.45, 2.75) is 13.0 Å². The van der Waals surface area contributed by atoms with Gasteiger partial charge in [0.05, 0.1) is 0 Å². The van der Waals surface area contributed by atoms with Crippen molar-refractivity contribution in [3.8, 4) is 0 Å². The predicted molar refractivity (Wildman–Crippen MR) is 90.4 cm³/mol. The molecule has 1 unspecified atom stereocenters. The Labute approximate surface area is 144 Å². The van der Waals surface area contributed by atoms with Gasteiger partial charge in [-0.25, -0.2) is 0 Å². The number of hydrogen-bond donors (Lipinski definition) is 3. The number of nitrogens with one attached hydrogen (secondary N) is 3. The molecule has 0 fully saturated rings. The summed E-state index contributed by atoms with van der Waals surface area (Å²) in [7, 11) is 0. The van der Waals surface area contributed by atoms with E-state index in [9.17, 15) is 14.4 Å². The fourth-order valence-electron chi connectivity index (χ4n) is 1.84. The first-order chi connectivity index (χ1) is 11.5. The molecule has 3 amide bonds. The molecule has 1 atom stereocenters. The molecule has 0 saturated heterocycles. The van der Waals surface area contributed by atoms with Crippen LogP contribution in [0.5, 0.6) is 0 Å². The molecular weight excluding hydrogens is 330 g/mol. The lowest BCUT2D eigenvalue weighted by Gasteiger charge is -2.14. The fraction of sp³-hybridized carbons (Fsp3) is 0.118. The van der Waals surface area contributed by atoms with Crippen LogP contribution in [0.2, 0.25) is 5.02 Å². The zero-order chi connectivity index (χ0) is 17.5. The molecule has 2 aromatic carbocycles. The summed E-state index contributed by atoms with van der Waals surface area (Å²) in [5, 5.41) is 3.05. The van der Waals surface area contributed by atoms with E-state index in [1.54, 1.807) is 42.5 Å². The Balaban J connectivity index is 1.84. The van der Waals surface area contributed by atoms with Gasteiger partial charge in [0, 0.05) is 16.1 Å². The number of carbonyl (C=O) groups is 3. The second kappa shape index (κ2) is 8.12. The van der Waals surface area contributed by atoms with E-state index in [1.165, 1.54) is 19.1 Å². The van der Waals surface area contributed by atoms with Gasteiger partial charge in [-0.2, -0.15) is 0 Å². The summed E-state index contributed by atoms with van der Waals surface area (Å²) in [4.78, 5) is 35.8. The Hall–Kier alpha value is -2.86. The molecule has 6 nitrogen and oxygen atoms in total. The molecular formula is C17H16ClN3O3. The summed E-state index contributed by atoms with van der Waals surface area (Å²) in [6.45, 7) is 1.52. The summed E-state index contributed by atoms with van der Waals surface area (Å²) in [6, 6.07) is 13.9. The molecule has 7 heteroatoms. The van der Waals surface area contributed by atoms with Gasteiger partial charge in [0.1, 0.15) is 6.04 Å². The van der Waals surface area contributed by atoms with Crippen LogP contribution in [0.4, 0.5) is 0 Å². The Bertz CT molecular complexity index is 733.